The van der Waals surface area contributed by atoms with Crippen LogP contribution >= 0.6 is 0 Å². The average molecular weight is 309 g/mol. The van der Waals surface area contributed by atoms with Crippen LogP contribution in [-0.4, -0.2) is 28.4 Å². The molecular formula is C19H19NO3. The van der Waals surface area contributed by atoms with Gasteiger partial charge >= 0.3 is 5.97 Å². The summed E-state index contributed by atoms with van der Waals surface area (Å²) >= 11 is 0. The molecule has 2 atom stereocenters. The largest absolute Gasteiger partial charge is 0.481 e. The fourth-order valence-corrected chi connectivity index (χ4v) is 3.34. The van der Waals surface area contributed by atoms with Gasteiger partial charge in [-0.3, -0.25) is 9.59 Å². The molecule has 4 nitrogen and oxygen atoms in total. The van der Waals surface area contributed by atoms with Gasteiger partial charge in [-0.15, -0.1) is 0 Å². The molecule has 0 spiro atoms. The van der Waals surface area contributed by atoms with Crippen molar-refractivity contribution in [3.05, 3.63) is 70.8 Å². The van der Waals surface area contributed by atoms with Crippen LogP contribution in [0, 0.1) is 6.92 Å². The standard InChI is InChI=1S/C19H19NO3/c1-3-20-17(13-10-8-12(2)9-11-13)16(19(22)23)14-6-4-5-7-15(14)18(20)21/h4-11,16-17H,3H2,1-2H3,(H,22,23). The van der Waals surface area contributed by atoms with E-state index in [1.807, 2.05) is 38.1 Å². The Morgan fingerprint density at radius 1 is 1.13 bits per heavy atom. The number of carboxylic acid groups (broad SMARTS) is 1. The number of likely N-dealkylation sites (N-methyl/N-ethyl adjacent to an activating group) is 1. The van der Waals surface area contributed by atoms with Crippen molar-refractivity contribution in [3.8, 4) is 0 Å². The number of nitrogens with zero attached hydrogens (tertiary/aromatic N) is 1. The second kappa shape index (κ2) is 5.88. The highest BCUT2D eigenvalue weighted by Gasteiger charge is 2.43. The van der Waals surface area contributed by atoms with Crippen LogP contribution in [-0.2, 0) is 4.79 Å². The number of aryl methyl sites for hydroxylation is 1. The number of carboxylic acids is 1. The number of hydrogen-bond acceptors (Lipinski definition) is 2. The molecule has 1 aliphatic heterocycles. The van der Waals surface area contributed by atoms with Gasteiger partial charge in [0.25, 0.3) is 5.91 Å². The minimum absolute atomic E-state index is 0.105. The number of hydrogen-bond donors (Lipinski definition) is 1. The zero-order valence-electron chi connectivity index (χ0n) is 13.2. The molecule has 1 aliphatic rings. The van der Waals surface area contributed by atoms with E-state index in [1.54, 1.807) is 29.2 Å². The van der Waals surface area contributed by atoms with Gasteiger partial charge in [-0.05, 0) is 31.0 Å². The molecule has 0 radical (unpaired) electrons. The lowest BCUT2D eigenvalue weighted by molar-refractivity contribution is -0.140. The number of carbonyl (C=O) groups excluding carboxylic acids is 1. The van der Waals surface area contributed by atoms with E-state index in [0.29, 0.717) is 17.7 Å². The molecule has 0 saturated carbocycles. The Kier molecular flexibility index (Phi) is 3.90. The molecule has 2 aromatic rings. The zero-order chi connectivity index (χ0) is 16.6. The molecule has 0 fully saturated rings. The fraction of sp³-hybridized carbons (Fsp3) is 0.263. The second-order valence-electron chi connectivity index (χ2n) is 5.85. The molecule has 2 unspecified atom stereocenters. The number of carbonyl (C=O) groups is 2. The molecule has 4 heteroatoms. The monoisotopic (exact) mass is 309 g/mol. The smallest absolute Gasteiger partial charge is 0.313 e. The van der Waals surface area contributed by atoms with E-state index in [9.17, 15) is 14.7 Å². The first-order valence-electron chi connectivity index (χ1n) is 7.74. The highest BCUT2D eigenvalue weighted by Crippen LogP contribution is 2.42. The first kappa shape index (κ1) is 15.3. The Labute approximate surface area is 135 Å². The molecule has 0 bridgehead atoms. The van der Waals surface area contributed by atoms with Gasteiger partial charge in [0.15, 0.2) is 0 Å². The fourth-order valence-electron chi connectivity index (χ4n) is 3.34. The van der Waals surface area contributed by atoms with Crippen molar-refractivity contribution in [3.63, 3.8) is 0 Å². The number of fused-ring (bicyclic) bond motifs is 1. The number of amides is 1. The summed E-state index contributed by atoms with van der Waals surface area (Å²) in [6, 6.07) is 14.3. The molecular weight excluding hydrogens is 290 g/mol. The summed E-state index contributed by atoms with van der Waals surface area (Å²) in [6.07, 6.45) is 0. The summed E-state index contributed by atoms with van der Waals surface area (Å²) in [6.45, 7) is 4.33. The molecule has 23 heavy (non-hydrogen) atoms. The molecule has 1 amide bonds. The summed E-state index contributed by atoms with van der Waals surface area (Å²) in [7, 11) is 0. The highest BCUT2D eigenvalue weighted by molar-refractivity contribution is 6.00. The van der Waals surface area contributed by atoms with Gasteiger partial charge in [0, 0.05) is 12.1 Å². The van der Waals surface area contributed by atoms with E-state index in [1.165, 1.54) is 0 Å². The van der Waals surface area contributed by atoms with Crippen molar-refractivity contribution >= 4 is 11.9 Å². The van der Waals surface area contributed by atoms with Gasteiger partial charge < -0.3 is 10.0 Å². The highest BCUT2D eigenvalue weighted by atomic mass is 16.4. The van der Waals surface area contributed by atoms with Crippen molar-refractivity contribution in [2.24, 2.45) is 0 Å². The molecule has 1 N–H and O–H groups in total. The van der Waals surface area contributed by atoms with E-state index >= 15 is 0 Å². The third-order valence-corrected chi connectivity index (χ3v) is 4.46. The van der Waals surface area contributed by atoms with Crippen LogP contribution in [0.15, 0.2) is 48.5 Å². The second-order valence-corrected chi connectivity index (χ2v) is 5.85. The molecule has 0 saturated heterocycles. The van der Waals surface area contributed by atoms with Crippen LogP contribution in [0.2, 0.25) is 0 Å². The van der Waals surface area contributed by atoms with Crippen molar-refractivity contribution in [1.29, 1.82) is 0 Å². The lowest BCUT2D eigenvalue weighted by Crippen LogP contribution is -2.44. The van der Waals surface area contributed by atoms with E-state index in [-0.39, 0.29) is 5.91 Å². The van der Waals surface area contributed by atoms with Crippen molar-refractivity contribution in [1.82, 2.24) is 4.90 Å². The normalized spacial score (nSPS) is 20.3. The first-order chi connectivity index (χ1) is 11.0. The molecule has 3 rings (SSSR count). The Hall–Kier alpha value is -2.62. The summed E-state index contributed by atoms with van der Waals surface area (Å²) in [5.41, 5.74) is 3.05. The van der Waals surface area contributed by atoms with Crippen molar-refractivity contribution in [2.75, 3.05) is 6.54 Å². The molecule has 2 aromatic carbocycles. The van der Waals surface area contributed by atoms with E-state index in [2.05, 4.69) is 0 Å². The lowest BCUT2D eigenvalue weighted by Gasteiger charge is -2.40. The maximum Gasteiger partial charge on any atom is 0.313 e. The van der Waals surface area contributed by atoms with E-state index < -0.39 is 17.9 Å². The Bertz CT molecular complexity index is 751. The number of rotatable bonds is 3. The summed E-state index contributed by atoms with van der Waals surface area (Å²) in [5.74, 6) is -1.77. The SMILES string of the molecule is CCN1C(=O)c2ccccc2C(C(=O)O)C1c1ccc(C)cc1. The number of benzene rings is 2. The van der Waals surface area contributed by atoms with Gasteiger partial charge in [-0.1, -0.05) is 48.0 Å². The molecule has 0 aliphatic carbocycles. The number of aliphatic carboxylic acids is 1. The van der Waals surface area contributed by atoms with Crippen molar-refractivity contribution in [2.45, 2.75) is 25.8 Å². The first-order valence-corrected chi connectivity index (χ1v) is 7.74. The van der Waals surface area contributed by atoms with Crippen LogP contribution in [0.1, 0.15) is 45.9 Å². The maximum atomic E-state index is 12.8. The Morgan fingerprint density at radius 2 is 1.78 bits per heavy atom. The molecule has 118 valence electrons. The molecule has 0 aromatic heterocycles. The van der Waals surface area contributed by atoms with Crippen LogP contribution in [0.4, 0.5) is 0 Å². The zero-order valence-corrected chi connectivity index (χ0v) is 13.2. The van der Waals surface area contributed by atoms with Crippen LogP contribution in [0.3, 0.4) is 0 Å². The topological polar surface area (TPSA) is 57.6 Å². The summed E-state index contributed by atoms with van der Waals surface area (Å²) < 4.78 is 0. The van der Waals surface area contributed by atoms with Gasteiger partial charge in [-0.2, -0.15) is 0 Å². The lowest BCUT2D eigenvalue weighted by atomic mass is 9.79. The van der Waals surface area contributed by atoms with E-state index in [4.69, 9.17) is 0 Å². The average Bonchev–Trinajstić information content (AvgIpc) is 2.55. The minimum Gasteiger partial charge on any atom is -0.481 e. The third kappa shape index (κ3) is 2.50. The van der Waals surface area contributed by atoms with Crippen LogP contribution in [0.5, 0.6) is 0 Å². The van der Waals surface area contributed by atoms with Gasteiger partial charge in [0.1, 0.15) is 5.92 Å². The summed E-state index contributed by atoms with van der Waals surface area (Å²) in [4.78, 5) is 26.5. The van der Waals surface area contributed by atoms with Gasteiger partial charge in [-0.25, -0.2) is 0 Å². The Balaban J connectivity index is 2.20. The van der Waals surface area contributed by atoms with Crippen LogP contribution < -0.4 is 0 Å². The van der Waals surface area contributed by atoms with Crippen LogP contribution in [0.25, 0.3) is 0 Å². The molecule has 1 heterocycles. The Morgan fingerprint density at radius 3 is 2.39 bits per heavy atom. The maximum absolute atomic E-state index is 12.8. The quantitative estimate of drug-likeness (QED) is 0.945. The summed E-state index contributed by atoms with van der Waals surface area (Å²) in [5, 5.41) is 9.83. The predicted molar refractivity (Wildman–Crippen MR) is 87.4 cm³/mol. The third-order valence-electron chi connectivity index (χ3n) is 4.46. The van der Waals surface area contributed by atoms with Gasteiger partial charge in [0.2, 0.25) is 0 Å². The van der Waals surface area contributed by atoms with Crippen molar-refractivity contribution < 1.29 is 14.7 Å². The van der Waals surface area contributed by atoms with E-state index in [0.717, 1.165) is 11.1 Å². The minimum atomic E-state index is -0.908. The van der Waals surface area contributed by atoms with Gasteiger partial charge in [0.05, 0.1) is 6.04 Å². The predicted octanol–water partition coefficient (Wildman–Crippen LogP) is 3.38.